The molecule has 0 aliphatic rings. The third-order valence-corrected chi connectivity index (χ3v) is 4.97. The van der Waals surface area contributed by atoms with Gasteiger partial charge < -0.3 is 10.1 Å². The summed E-state index contributed by atoms with van der Waals surface area (Å²) >= 11 is 3.00. The molecule has 3 aromatic rings. The van der Waals surface area contributed by atoms with Gasteiger partial charge in [-0.25, -0.2) is 4.98 Å². The first-order valence-corrected chi connectivity index (χ1v) is 9.50. The summed E-state index contributed by atoms with van der Waals surface area (Å²) in [5.74, 6) is -1.16. The standard InChI is InChI=1S/C17H13N3O5S2/c21-15(18-12-2-1-3-14(6-12)20(23)24)8-25-16(22)7-13-10-27-17(19-13)11-4-5-26-9-11/h1-6,9-10H,7-8H2,(H,18,21). The third kappa shape index (κ3) is 5.19. The van der Waals surface area contributed by atoms with Crippen LogP contribution in [0.2, 0.25) is 0 Å². The molecular formula is C17H13N3O5S2. The molecule has 0 fully saturated rings. The van der Waals surface area contributed by atoms with E-state index in [9.17, 15) is 19.7 Å². The zero-order valence-electron chi connectivity index (χ0n) is 13.8. The molecule has 0 saturated heterocycles. The number of ether oxygens (including phenoxy) is 1. The van der Waals surface area contributed by atoms with Gasteiger partial charge in [-0.05, 0) is 17.5 Å². The van der Waals surface area contributed by atoms with Crippen molar-refractivity contribution in [2.24, 2.45) is 0 Å². The van der Waals surface area contributed by atoms with Crippen molar-refractivity contribution in [3.63, 3.8) is 0 Å². The van der Waals surface area contributed by atoms with Crippen LogP contribution in [0.1, 0.15) is 5.69 Å². The van der Waals surface area contributed by atoms with Gasteiger partial charge in [-0.3, -0.25) is 19.7 Å². The first-order chi connectivity index (χ1) is 13.0. The molecule has 0 aliphatic heterocycles. The number of benzene rings is 1. The van der Waals surface area contributed by atoms with Crippen molar-refractivity contribution in [3.8, 4) is 10.6 Å². The Morgan fingerprint density at radius 1 is 1.26 bits per heavy atom. The first kappa shape index (κ1) is 18.7. The van der Waals surface area contributed by atoms with E-state index in [1.807, 2.05) is 16.8 Å². The van der Waals surface area contributed by atoms with Crippen molar-refractivity contribution in [2.45, 2.75) is 6.42 Å². The molecule has 3 rings (SSSR count). The minimum atomic E-state index is -0.582. The molecule has 0 unspecified atom stereocenters. The van der Waals surface area contributed by atoms with Crippen LogP contribution in [0, 0.1) is 10.1 Å². The molecule has 1 N–H and O–H groups in total. The fourth-order valence-electron chi connectivity index (χ4n) is 2.15. The topological polar surface area (TPSA) is 111 Å². The summed E-state index contributed by atoms with van der Waals surface area (Å²) in [5, 5.41) is 19.7. The normalized spacial score (nSPS) is 10.4. The number of nitro benzene ring substituents is 1. The van der Waals surface area contributed by atoms with Crippen molar-refractivity contribution in [1.29, 1.82) is 0 Å². The average Bonchev–Trinajstić information content (AvgIpc) is 3.31. The van der Waals surface area contributed by atoms with E-state index in [0.717, 1.165) is 10.6 Å². The average molecular weight is 403 g/mol. The summed E-state index contributed by atoms with van der Waals surface area (Å²) in [7, 11) is 0. The maximum Gasteiger partial charge on any atom is 0.312 e. The van der Waals surface area contributed by atoms with Gasteiger partial charge in [0, 0.05) is 34.1 Å². The van der Waals surface area contributed by atoms with E-state index in [4.69, 9.17) is 4.74 Å². The van der Waals surface area contributed by atoms with Gasteiger partial charge >= 0.3 is 5.97 Å². The Balaban J connectivity index is 1.48. The SMILES string of the molecule is O=C(COC(=O)Cc1csc(-c2ccsc2)n1)Nc1cccc([N+](=O)[O-])c1. The molecule has 1 aromatic carbocycles. The summed E-state index contributed by atoms with van der Waals surface area (Å²) < 4.78 is 4.94. The van der Waals surface area contributed by atoms with Gasteiger partial charge in [0.05, 0.1) is 17.0 Å². The van der Waals surface area contributed by atoms with Crippen molar-refractivity contribution >= 4 is 45.9 Å². The molecule has 0 atom stereocenters. The van der Waals surface area contributed by atoms with Gasteiger partial charge in [0.15, 0.2) is 6.61 Å². The summed E-state index contributed by atoms with van der Waals surface area (Å²) in [5.41, 5.74) is 1.69. The molecule has 0 spiro atoms. The van der Waals surface area contributed by atoms with E-state index < -0.39 is 23.4 Å². The maximum absolute atomic E-state index is 11.9. The lowest BCUT2D eigenvalue weighted by Gasteiger charge is -2.06. The Bertz CT molecular complexity index is 969. The van der Waals surface area contributed by atoms with Gasteiger partial charge in [-0.2, -0.15) is 11.3 Å². The minimum Gasteiger partial charge on any atom is -0.455 e. The lowest BCUT2D eigenvalue weighted by atomic mass is 10.3. The van der Waals surface area contributed by atoms with Crippen molar-refractivity contribution in [1.82, 2.24) is 4.98 Å². The van der Waals surface area contributed by atoms with Gasteiger partial charge in [-0.1, -0.05) is 6.07 Å². The van der Waals surface area contributed by atoms with Crippen LogP contribution in [-0.2, 0) is 20.7 Å². The zero-order chi connectivity index (χ0) is 19.2. The molecule has 138 valence electrons. The number of aromatic nitrogens is 1. The van der Waals surface area contributed by atoms with E-state index in [0.29, 0.717) is 5.69 Å². The van der Waals surface area contributed by atoms with E-state index in [-0.39, 0.29) is 17.8 Å². The number of nitrogens with one attached hydrogen (secondary N) is 1. The van der Waals surface area contributed by atoms with Crippen LogP contribution < -0.4 is 5.32 Å². The smallest absolute Gasteiger partial charge is 0.312 e. The zero-order valence-corrected chi connectivity index (χ0v) is 15.4. The maximum atomic E-state index is 11.9. The Morgan fingerprint density at radius 3 is 2.85 bits per heavy atom. The second kappa shape index (κ2) is 8.52. The van der Waals surface area contributed by atoms with E-state index >= 15 is 0 Å². The monoisotopic (exact) mass is 403 g/mol. The molecule has 27 heavy (non-hydrogen) atoms. The lowest BCUT2D eigenvalue weighted by Crippen LogP contribution is -2.21. The number of hydrogen-bond donors (Lipinski definition) is 1. The molecule has 0 aliphatic carbocycles. The minimum absolute atomic E-state index is 0.0370. The van der Waals surface area contributed by atoms with Gasteiger partial charge in [0.2, 0.25) is 0 Å². The van der Waals surface area contributed by atoms with E-state index in [1.165, 1.54) is 35.6 Å². The fourth-order valence-corrected chi connectivity index (χ4v) is 3.68. The lowest BCUT2D eigenvalue weighted by molar-refractivity contribution is -0.384. The molecule has 0 saturated carbocycles. The van der Waals surface area contributed by atoms with E-state index in [1.54, 1.807) is 16.7 Å². The number of hydrogen-bond acceptors (Lipinski definition) is 8. The Morgan fingerprint density at radius 2 is 2.11 bits per heavy atom. The quantitative estimate of drug-likeness (QED) is 0.367. The van der Waals surface area contributed by atoms with Crippen LogP contribution in [0.15, 0.2) is 46.5 Å². The number of esters is 1. The van der Waals surface area contributed by atoms with Crippen molar-refractivity contribution < 1.29 is 19.2 Å². The van der Waals surface area contributed by atoms with Crippen LogP contribution in [-0.4, -0.2) is 28.4 Å². The summed E-state index contributed by atoms with van der Waals surface area (Å²) in [6, 6.07) is 7.44. The molecule has 2 heterocycles. The molecule has 1 amide bonds. The molecular weight excluding hydrogens is 390 g/mol. The molecule has 0 radical (unpaired) electrons. The van der Waals surface area contributed by atoms with Gasteiger partial charge in [-0.15, -0.1) is 11.3 Å². The number of thiophene rings is 1. The molecule has 10 heteroatoms. The summed E-state index contributed by atoms with van der Waals surface area (Å²) in [6.45, 7) is -0.483. The van der Waals surface area contributed by atoms with Crippen LogP contribution in [0.5, 0.6) is 0 Å². The first-order valence-electron chi connectivity index (χ1n) is 7.68. The largest absolute Gasteiger partial charge is 0.455 e. The van der Waals surface area contributed by atoms with Crippen molar-refractivity contribution in [2.75, 3.05) is 11.9 Å². The predicted molar refractivity (Wildman–Crippen MR) is 102 cm³/mol. The second-order valence-corrected chi connectivity index (χ2v) is 6.99. The number of anilines is 1. The number of carbonyl (C=O) groups excluding carboxylic acids is 2. The highest BCUT2D eigenvalue weighted by atomic mass is 32.1. The second-order valence-electron chi connectivity index (χ2n) is 5.35. The van der Waals surface area contributed by atoms with Crippen LogP contribution in [0.3, 0.4) is 0 Å². The van der Waals surface area contributed by atoms with Gasteiger partial charge in [0.1, 0.15) is 5.01 Å². The number of carbonyl (C=O) groups is 2. The highest BCUT2D eigenvalue weighted by Gasteiger charge is 2.13. The number of nitro groups is 1. The van der Waals surface area contributed by atoms with Crippen LogP contribution in [0.25, 0.3) is 10.6 Å². The van der Waals surface area contributed by atoms with Crippen molar-refractivity contribution in [3.05, 3.63) is 62.3 Å². The number of amides is 1. The summed E-state index contributed by atoms with van der Waals surface area (Å²) in [6.07, 6.45) is -0.0370. The van der Waals surface area contributed by atoms with Gasteiger partial charge in [0.25, 0.3) is 11.6 Å². The summed E-state index contributed by atoms with van der Waals surface area (Å²) in [4.78, 5) is 38.3. The Labute approximate surface area is 161 Å². The molecule has 0 bridgehead atoms. The molecule has 8 nitrogen and oxygen atoms in total. The highest BCUT2D eigenvalue weighted by molar-refractivity contribution is 7.14. The fraction of sp³-hybridized carbons (Fsp3) is 0.118. The number of non-ortho nitro benzene ring substituents is 1. The number of thiazole rings is 1. The number of rotatable bonds is 7. The Kier molecular flexibility index (Phi) is 5.89. The molecule has 2 aromatic heterocycles. The van der Waals surface area contributed by atoms with Crippen LogP contribution in [0.4, 0.5) is 11.4 Å². The number of nitrogens with zero attached hydrogens (tertiary/aromatic N) is 2. The highest BCUT2D eigenvalue weighted by Crippen LogP contribution is 2.25. The predicted octanol–water partition coefficient (Wildman–Crippen LogP) is 3.50. The van der Waals surface area contributed by atoms with Crippen LogP contribution >= 0.6 is 22.7 Å². The Hall–Kier alpha value is -3.11. The van der Waals surface area contributed by atoms with E-state index in [2.05, 4.69) is 10.3 Å². The third-order valence-electron chi connectivity index (χ3n) is 3.35.